The molecular weight excluding hydrogens is 276 g/mol. The van der Waals surface area contributed by atoms with Crippen LogP contribution in [0.2, 0.25) is 0 Å². The first-order valence-corrected chi connectivity index (χ1v) is 11.3. The van der Waals surface area contributed by atoms with Crippen LogP contribution < -0.4 is 0 Å². The quantitative estimate of drug-likeness (QED) is 0.513. The second kappa shape index (κ2) is 7.49. The van der Waals surface area contributed by atoms with Crippen molar-refractivity contribution in [2.24, 2.45) is 41.4 Å². The SMILES string of the molecule is CC1CCC(C2CCC(C3CCC(CC4CC4)CC3)CC2)CC1. The van der Waals surface area contributed by atoms with E-state index in [2.05, 4.69) is 6.92 Å². The molecule has 0 aromatic carbocycles. The van der Waals surface area contributed by atoms with E-state index in [1.54, 1.807) is 83.5 Å². The molecule has 4 fully saturated rings. The van der Waals surface area contributed by atoms with E-state index in [1.165, 1.54) is 12.8 Å². The van der Waals surface area contributed by atoms with E-state index in [9.17, 15) is 0 Å². The summed E-state index contributed by atoms with van der Waals surface area (Å²) in [6.07, 6.45) is 23.6. The molecule has 132 valence electrons. The average Bonchev–Trinajstić information content (AvgIpc) is 3.41. The van der Waals surface area contributed by atoms with E-state index in [-0.39, 0.29) is 0 Å². The van der Waals surface area contributed by atoms with Crippen LogP contribution in [0, 0.1) is 41.4 Å². The Balaban J connectivity index is 1.18. The maximum absolute atomic E-state index is 2.46. The Hall–Kier alpha value is 0. The molecule has 0 saturated heterocycles. The molecule has 0 aromatic rings. The van der Waals surface area contributed by atoms with Crippen LogP contribution in [0.3, 0.4) is 0 Å². The lowest BCUT2D eigenvalue weighted by Gasteiger charge is -2.41. The van der Waals surface area contributed by atoms with Crippen LogP contribution in [0.15, 0.2) is 0 Å². The van der Waals surface area contributed by atoms with Crippen molar-refractivity contribution in [1.29, 1.82) is 0 Å². The predicted octanol–water partition coefficient (Wildman–Crippen LogP) is 7.23. The summed E-state index contributed by atoms with van der Waals surface area (Å²) in [5.74, 6) is 7.78. The van der Waals surface area contributed by atoms with E-state index in [1.807, 2.05) is 0 Å². The smallest absolute Gasteiger partial charge is 0.0386 e. The summed E-state index contributed by atoms with van der Waals surface area (Å²) in [7, 11) is 0. The normalized spacial score (nSPS) is 45.8. The maximum atomic E-state index is 2.46. The van der Waals surface area contributed by atoms with Crippen molar-refractivity contribution < 1.29 is 0 Å². The van der Waals surface area contributed by atoms with Gasteiger partial charge in [-0.05, 0) is 99.2 Å². The first-order valence-electron chi connectivity index (χ1n) is 11.3. The third-order valence-corrected chi connectivity index (χ3v) is 8.47. The van der Waals surface area contributed by atoms with Gasteiger partial charge >= 0.3 is 0 Å². The van der Waals surface area contributed by atoms with Gasteiger partial charge in [-0.1, -0.05) is 45.4 Å². The molecule has 0 spiro atoms. The van der Waals surface area contributed by atoms with Crippen molar-refractivity contribution in [1.82, 2.24) is 0 Å². The highest BCUT2D eigenvalue weighted by Crippen LogP contribution is 2.47. The average molecular weight is 317 g/mol. The topological polar surface area (TPSA) is 0 Å². The molecule has 0 radical (unpaired) electrons. The molecule has 4 aliphatic carbocycles. The lowest BCUT2D eigenvalue weighted by molar-refractivity contribution is 0.104. The summed E-state index contributed by atoms with van der Waals surface area (Å²) in [6.45, 7) is 2.46. The van der Waals surface area contributed by atoms with Gasteiger partial charge in [0.15, 0.2) is 0 Å². The molecule has 0 unspecified atom stereocenters. The third kappa shape index (κ3) is 4.35. The fourth-order valence-corrected chi connectivity index (χ4v) is 6.57. The molecule has 0 N–H and O–H groups in total. The van der Waals surface area contributed by atoms with Crippen LogP contribution in [-0.4, -0.2) is 0 Å². The van der Waals surface area contributed by atoms with Crippen molar-refractivity contribution in [2.45, 2.75) is 103 Å². The summed E-state index contributed by atoms with van der Waals surface area (Å²) in [6, 6.07) is 0. The zero-order valence-electron chi connectivity index (χ0n) is 15.6. The van der Waals surface area contributed by atoms with Crippen molar-refractivity contribution in [3.05, 3.63) is 0 Å². The summed E-state index contributed by atoms with van der Waals surface area (Å²) in [4.78, 5) is 0. The minimum atomic E-state index is 1.02. The Morgan fingerprint density at radius 1 is 0.435 bits per heavy atom. The van der Waals surface area contributed by atoms with Gasteiger partial charge in [-0.15, -0.1) is 0 Å². The summed E-state index contributed by atoms with van der Waals surface area (Å²) >= 11 is 0. The number of hydrogen-bond acceptors (Lipinski definition) is 0. The Morgan fingerprint density at radius 3 is 1.13 bits per heavy atom. The first-order chi connectivity index (χ1) is 11.3. The summed E-state index contributed by atoms with van der Waals surface area (Å²) in [5.41, 5.74) is 0. The lowest BCUT2D eigenvalue weighted by atomic mass is 9.65. The Labute approximate surface area is 145 Å². The van der Waals surface area contributed by atoms with E-state index in [4.69, 9.17) is 0 Å². The molecular formula is C23H40. The van der Waals surface area contributed by atoms with Gasteiger partial charge in [-0.25, -0.2) is 0 Å². The monoisotopic (exact) mass is 316 g/mol. The van der Waals surface area contributed by atoms with Crippen molar-refractivity contribution >= 4 is 0 Å². The van der Waals surface area contributed by atoms with E-state index < -0.39 is 0 Å². The van der Waals surface area contributed by atoms with Gasteiger partial charge in [-0.2, -0.15) is 0 Å². The molecule has 0 amide bonds. The molecule has 0 nitrogen and oxygen atoms in total. The first kappa shape index (κ1) is 16.5. The van der Waals surface area contributed by atoms with E-state index >= 15 is 0 Å². The zero-order chi connectivity index (χ0) is 15.6. The molecule has 4 rings (SSSR count). The van der Waals surface area contributed by atoms with Gasteiger partial charge in [0, 0.05) is 0 Å². The molecule has 0 aromatic heterocycles. The van der Waals surface area contributed by atoms with Gasteiger partial charge in [0.1, 0.15) is 0 Å². The molecule has 23 heavy (non-hydrogen) atoms. The highest BCUT2D eigenvalue weighted by Gasteiger charge is 2.35. The van der Waals surface area contributed by atoms with Crippen LogP contribution in [0.5, 0.6) is 0 Å². The van der Waals surface area contributed by atoms with Gasteiger partial charge in [0.25, 0.3) is 0 Å². The molecule has 4 saturated carbocycles. The molecule has 0 heterocycles. The maximum Gasteiger partial charge on any atom is -0.0386 e. The number of hydrogen-bond donors (Lipinski definition) is 0. The number of rotatable bonds is 4. The fraction of sp³-hybridized carbons (Fsp3) is 1.00. The minimum absolute atomic E-state index is 1.02. The van der Waals surface area contributed by atoms with Crippen LogP contribution in [-0.2, 0) is 0 Å². The molecule has 0 bridgehead atoms. The third-order valence-electron chi connectivity index (χ3n) is 8.47. The second-order valence-corrected chi connectivity index (χ2v) is 10.2. The Morgan fingerprint density at radius 2 is 0.739 bits per heavy atom. The highest BCUT2D eigenvalue weighted by molar-refractivity contribution is 4.86. The Kier molecular flexibility index (Phi) is 5.36. The standard InChI is InChI=1S/C23H40/c1-17-2-8-20(9-3-17)22-12-14-23(15-13-22)21-10-6-19(7-11-21)16-18-4-5-18/h17-23H,2-16H2,1H3. The second-order valence-electron chi connectivity index (χ2n) is 10.2. The van der Waals surface area contributed by atoms with Crippen molar-refractivity contribution in [3.63, 3.8) is 0 Å². The van der Waals surface area contributed by atoms with Gasteiger partial charge in [0.2, 0.25) is 0 Å². The van der Waals surface area contributed by atoms with Crippen LogP contribution in [0.4, 0.5) is 0 Å². The predicted molar refractivity (Wildman–Crippen MR) is 99.4 cm³/mol. The molecule has 4 aliphatic rings. The van der Waals surface area contributed by atoms with Gasteiger partial charge in [0.05, 0.1) is 0 Å². The lowest BCUT2D eigenvalue weighted by Crippen LogP contribution is -2.29. The zero-order valence-corrected chi connectivity index (χ0v) is 15.6. The summed E-state index contributed by atoms with van der Waals surface area (Å²) in [5, 5.41) is 0. The van der Waals surface area contributed by atoms with Crippen LogP contribution in [0.1, 0.15) is 103 Å². The van der Waals surface area contributed by atoms with Gasteiger partial charge in [-0.3, -0.25) is 0 Å². The summed E-state index contributed by atoms with van der Waals surface area (Å²) < 4.78 is 0. The van der Waals surface area contributed by atoms with E-state index in [0.29, 0.717) is 0 Å². The van der Waals surface area contributed by atoms with Crippen LogP contribution >= 0.6 is 0 Å². The molecule has 0 atom stereocenters. The molecule has 0 aliphatic heterocycles. The van der Waals surface area contributed by atoms with Gasteiger partial charge < -0.3 is 0 Å². The van der Waals surface area contributed by atoms with Crippen molar-refractivity contribution in [3.8, 4) is 0 Å². The van der Waals surface area contributed by atoms with Crippen molar-refractivity contribution in [2.75, 3.05) is 0 Å². The largest absolute Gasteiger partial charge is 0.0625 e. The van der Waals surface area contributed by atoms with Crippen LogP contribution in [0.25, 0.3) is 0 Å². The minimum Gasteiger partial charge on any atom is -0.0625 e. The Bertz CT molecular complexity index is 344. The fourth-order valence-electron chi connectivity index (χ4n) is 6.57. The van der Waals surface area contributed by atoms with E-state index in [0.717, 1.165) is 41.4 Å². The highest BCUT2D eigenvalue weighted by atomic mass is 14.4. The molecule has 0 heteroatoms.